The Hall–Kier alpha value is -3.15. The molecule has 0 atom stereocenters. The van der Waals surface area contributed by atoms with Crippen molar-refractivity contribution in [2.75, 3.05) is 7.11 Å². The summed E-state index contributed by atoms with van der Waals surface area (Å²) in [4.78, 5) is 0. The van der Waals surface area contributed by atoms with Crippen LogP contribution >= 0.6 is 0 Å². The van der Waals surface area contributed by atoms with Crippen molar-refractivity contribution in [3.05, 3.63) is 78.4 Å². The van der Waals surface area contributed by atoms with E-state index in [0.717, 1.165) is 17.7 Å². The summed E-state index contributed by atoms with van der Waals surface area (Å²) >= 11 is 0. The van der Waals surface area contributed by atoms with Gasteiger partial charge in [-0.25, -0.2) is 0 Å². The minimum atomic E-state index is -4.45. The minimum Gasteiger partial charge on any atom is -0.497 e. The molecule has 0 aliphatic rings. The summed E-state index contributed by atoms with van der Waals surface area (Å²) in [5.41, 5.74) is 1.22. The van der Waals surface area contributed by atoms with Gasteiger partial charge >= 0.3 is 6.18 Å². The molecule has 0 aliphatic carbocycles. The summed E-state index contributed by atoms with van der Waals surface area (Å²) in [5.74, 6) is 0.660. The Morgan fingerprint density at radius 3 is 2.12 bits per heavy atom. The van der Waals surface area contributed by atoms with Gasteiger partial charge in [-0.15, -0.1) is 5.11 Å². The van der Waals surface area contributed by atoms with E-state index in [1.165, 1.54) is 6.07 Å². The van der Waals surface area contributed by atoms with Crippen LogP contribution in [-0.4, -0.2) is 7.11 Å². The molecule has 0 heterocycles. The molecule has 0 fully saturated rings. The Kier molecular flexibility index (Phi) is 5.02. The predicted octanol–water partition coefficient (Wildman–Crippen LogP) is 6.80. The second-order valence-electron chi connectivity index (χ2n) is 5.49. The Morgan fingerprint density at radius 2 is 1.50 bits per heavy atom. The van der Waals surface area contributed by atoms with Crippen molar-refractivity contribution >= 4 is 11.4 Å². The van der Waals surface area contributed by atoms with E-state index in [2.05, 4.69) is 10.2 Å². The van der Waals surface area contributed by atoms with Gasteiger partial charge in [-0.1, -0.05) is 36.4 Å². The van der Waals surface area contributed by atoms with E-state index in [0.29, 0.717) is 17.0 Å². The Bertz CT molecular complexity index is 905. The summed E-state index contributed by atoms with van der Waals surface area (Å²) < 4.78 is 44.3. The van der Waals surface area contributed by atoms with Crippen LogP contribution in [0.15, 0.2) is 83.0 Å². The van der Waals surface area contributed by atoms with E-state index in [1.54, 1.807) is 55.6 Å². The molecule has 3 rings (SSSR count). The lowest BCUT2D eigenvalue weighted by Gasteiger charge is -2.11. The second-order valence-corrected chi connectivity index (χ2v) is 5.49. The highest BCUT2D eigenvalue weighted by Gasteiger charge is 2.31. The number of nitrogens with zero attached hydrogens (tertiary/aromatic N) is 2. The first kappa shape index (κ1) is 17.7. The Balaban J connectivity index is 2.06. The van der Waals surface area contributed by atoms with Crippen molar-refractivity contribution < 1.29 is 17.9 Å². The van der Waals surface area contributed by atoms with Crippen LogP contribution in [0.3, 0.4) is 0 Å². The smallest absolute Gasteiger partial charge is 0.416 e. The van der Waals surface area contributed by atoms with Gasteiger partial charge in [0, 0.05) is 5.56 Å². The molecule has 0 amide bonds. The average molecular weight is 356 g/mol. The molecule has 0 bridgehead atoms. The first-order valence-electron chi connectivity index (χ1n) is 7.80. The van der Waals surface area contributed by atoms with E-state index >= 15 is 0 Å². The molecule has 0 unspecified atom stereocenters. The SMILES string of the molecule is COc1ccc(-c2ccc(C(F)(F)F)cc2N=Nc2ccccc2)cc1. The van der Waals surface area contributed by atoms with Gasteiger partial charge in [-0.3, -0.25) is 0 Å². The fraction of sp³-hybridized carbons (Fsp3) is 0.100. The van der Waals surface area contributed by atoms with E-state index < -0.39 is 11.7 Å². The van der Waals surface area contributed by atoms with Crippen LogP contribution in [0.2, 0.25) is 0 Å². The quantitative estimate of drug-likeness (QED) is 0.474. The van der Waals surface area contributed by atoms with E-state index in [1.807, 2.05) is 6.07 Å². The van der Waals surface area contributed by atoms with Gasteiger partial charge in [0.2, 0.25) is 0 Å². The molecular formula is C20H15F3N2O. The summed E-state index contributed by atoms with van der Waals surface area (Å²) in [6, 6.07) is 19.3. The van der Waals surface area contributed by atoms with Gasteiger partial charge in [-0.05, 0) is 42.0 Å². The number of alkyl halides is 3. The highest BCUT2D eigenvalue weighted by atomic mass is 19.4. The van der Waals surface area contributed by atoms with Crippen LogP contribution < -0.4 is 4.74 Å². The van der Waals surface area contributed by atoms with Crippen LogP contribution in [0, 0.1) is 0 Å². The summed E-state index contributed by atoms with van der Waals surface area (Å²) in [7, 11) is 1.55. The maximum absolute atomic E-state index is 13.1. The number of methoxy groups -OCH3 is 1. The van der Waals surface area contributed by atoms with Crippen molar-refractivity contribution in [3.8, 4) is 16.9 Å². The lowest BCUT2D eigenvalue weighted by atomic mass is 10.0. The van der Waals surface area contributed by atoms with Gasteiger partial charge in [0.05, 0.1) is 24.0 Å². The van der Waals surface area contributed by atoms with Crippen molar-refractivity contribution in [3.63, 3.8) is 0 Å². The van der Waals surface area contributed by atoms with Crippen molar-refractivity contribution in [2.24, 2.45) is 10.2 Å². The topological polar surface area (TPSA) is 34.0 Å². The lowest BCUT2D eigenvalue weighted by molar-refractivity contribution is -0.137. The third-order valence-electron chi connectivity index (χ3n) is 3.76. The van der Waals surface area contributed by atoms with Crippen LogP contribution in [0.25, 0.3) is 11.1 Å². The summed E-state index contributed by atoms with van der Waals surface area (Å²) in [6.45, 7) is 0. The van der Waals surface area contributed by atoms with Crippen molar-refractivity contribution in [1.29, 1.82) is 0 Å². The zero-order chi connectivity index (χ0) is 18.6. The largest absolute Gasteiger partial charge is 0.497 e. The monoisotopic (exact) mass is 356 g/mol. The maximum Gasteiger partial charge on any atom is 0.416 e. The molecule has 3 aromatic carbocycles. The molecular weight excluding hydrogens is 341 g/mol. The van der Waals surface area contributed by atoms with Crippen molar-refractivity contribution in [1.82, 2.24) is 0 Å². The zero-order valence-electron chi connectivity index (χ0n) is 13.9. The molecule has 0 saturated heterocycles. The first-order chi connectivity index (χ1) is 12.5. The first-order valence-corrected chi connectivity index (χ1v) is 7.80. The van der Waals surface area contributed by atoms with Gasteiger partial charge in [0.15, 0.2) is 0 Å². The molecule has 6 heteroatoms. The highest BCUT2D eigenvalue weighted by Crippen LogP contribution is 2.38. The molecule has 3 aromatic rings. The van der Waals surface area contributed by atoms with Gasteiger partial charge in [-0.2, -0.15) is 18.3 Å². The fourth-order valence-electron chi connectivity index (χ4n) is 2.41. The van der Waals surface area contributed by atoms with Crippen LogP contribution in [0.5, 0.6) is 5.75 Å². The molecule has 0 N–H and O–H groups in total. The van der Waals surface area contributed by atoms with Crippen molar-refractivity contribution in [2.45, 2.75) is 6.18 Å². The molecule has 0 aromatic heterocycles. The molecule has 0 saturated carbocycles. The second kappa shape index (κ2) is 7.39. The van der Waals surface area contributed by atoms with Gasteiger partial charge < -0.3 is 4.74 Å². The van der Waals surface area contributed by atoms with E-state index in [-0.39, 0.29) is 5.69 Å². The third-order valence-corrected chi connectivity index (χ3v) is 3.76. The number of ether oxygens (including phenoxy) is 1. The molecule has 0 spiro atoms. The van der Waals surface area contributed by atoms with Crippen LogP contribution in [0.4, 0.5) is 24.5 Å². The molecule has 0 aliphatic heterocycles. The maximum atomic E-state index is 13.1. The fourth-order valence-corrected chi connectivity index (χ4v) is 2.41. The summed E-state index contributed by atoms with van der Waals surface area (Å²) in [6.07, 6.45) is -4.45. The third kappa shape index (κ3) is 4.08. The number of hydrogen-bond donors (Lipinski definition) is 0. The number of benzene rings is 3. The number of halogens is 3. The molecule has 0 radical (unpaired) electrons. The predicted molar refractivity (Wildman–Crippen MR) is 94.0 cm³/mol. The van der Waals surface area contributed by atoms with E-state index in [9.17, 15) is 13.2 Å². The normalized spacial score (nSPS) is 11.7. The van der Waals surface area contributed by atoms with Gasteiger partial charge in [0.25, 0.3) is 0 Å². The zero-order valence-corrected chi connectivity index (χ0v) is 13.9. The van der Waals surface area contributed by atoms with Gasteiger partial charge in [0.1, 0.15) is 5.75 Å². The Morgan fingerprint density at radius 1 is 0.808 bits per heavy atom. The standard InChI is InChI=1S/C20H15F3N2O/c1-26-17-10-7-14(8-11-17)18-12-9-15(20(21,22)23)13-19(18)25-24-16-5-3-2-4-6-16/h2-13H,1H3. The Labute approximate surface area is 148 Å². The van der Waals surface area contributed by atoms with Crippen LogP contribution in [-0.2, 0) is 6.18 Å². The number of azo groups is 1. The average Bonchev–Trinajstić information content (AvgIpc) is 2.66. The lowest BCUT2D eigenvalue weighted by Crippen LogP contribution is -2.04. The molecule has 3 nitrogen and oxygen atoms in total. The molecule has 26 heavy (non-hydrogen) atoms. The minimum absolute atomic E-state index is 0.147. The number of hydrogen-bond acceptors (Lipinski definition) is 3. The van der Waals surface area contributed by atoms with E-state index in [4.69, 9.17) is 4.74 Å². The van der Waals surface area contributed by atoms with Crippen LogP contribution in [0.1, 0.15) is 5.56 Å². The highest BCUT2D eigenvalue weighted by molar-refractivity contribution is 5.76. The molecule has 132 valence electrons. The summed E-state index contributed by atoms with van der Waals surface area (Å²) in [5, 5.41) is 8.12. The number of rotatable bonds is 4.